The fourth-order valence-corrected chi connectivity index (χ4v) is 4.27. The average Bonchev–Trinajstić information content (AvgIpc) is 3.12. The third kappa shape index (κ3) is 5.38. The molecule has 1 aliphatic heterocycles. The summed E-state index contributed by atoms with van der Waals surface area (Å²) in [6.45, 7) is 6.05. The number of aliphatic hydroxyl groups excluding tert-OH is 2. The van der Waals surface area contributed by atoms with Gasteiger partial charge in [0, 0.05) is 37.8 Å². The van der Waals surface area contributed by atoms with E-state index in [2.05, 4.69) is 25.9 Å². The molecule has 3 heterocycles. The van der Waals surface area contributed by atoms with Gasteiger partial charge in [-0.2, -0.15) is 0 Å². The Morgan fingerprint density at radius 1 is 1.27 bits per heavy atom. The number of carbonyl (C=O) groups is 2. The lowest BCUT2D eigenvalue weighted by Gasteiger charge is -2.34. The number of β-amino-alcohol motifs (C(OH)–C–C–N with tert-alkyl or cyclic N) is 1. The molecule has 0 bridgehead atoms. The summed E-state index contributed by atoms with van der Waals surface area (Å²) < 4.78 is 3.06. The SMILES string of the molecule is CC(C)(C)[C@H](C(=O)N1C[C@H](O)C[C@H]1C(=O)NCC(O)Cn1ccnn1)n1cc(C2CC2)nn1. The van der Waals surface area contributed by atoms with Crippen molar-refractivity contribution < 1.29 is 19.8 Å². The predicted octanol–water partition coefficient (Wildman–Crippen LogP) is -0.527. The molecule has 2 aromatic rings. The van der Waals surface area contributed by atoms with Crippen LogP contribution in [-0.2, 0) is 16.1 Å². The van der Waals surface area contributed by atoms with Crippen LogP contribution in [0.3, 0.4) is 0 Å². The van der Waals surface area contributed by atoms with Crippen LogP contribution in [0.5, 0.6) is 0 Å². The van der Waals surface area contributed by atoms with E-state index in [-0.39, 0.29) is 32.0 Å². The van der Waals surface area contributed by atoms with Crippen LogP contribution in [0.4, 0.5) is 0 Å². The van der Waals surface area contributed by atoms with Gasteiger partial charge in [0.2, 0.25) is 11.8 Å². The Kier molecular flexibility index (Phi) is 6.48. The van der Waals surface area contributed by atoms with Gasteiger partial charge in [-0.3, -0.25) is 9.59 Å². The molecular formula is C21H32N8O4. The standard InChI is InChI=1S/C21H32N8O4/c1-21(2,3)18(29-12-16(24-26-29)13-4-5-13)20(33)28-11-14(30)8-17(28)19(32)22-9-15(31)10-27-7-6-23-25-27/h6-7,12-15,17-18,30-31H,4-5,8-11H2,1-3H3,(H,22,32)/t14-,15?,17+,18+/m1/s1. The lowest BCUT2D eigenvalue weighted by Crippen LogP contribution is -2.51. The van der Waals surface area contributed by atoms with Gasteiger partial charge < -0.3 is 20.4 Å². The average molecular weight is 461 g/mol. The largest absolute Gasteiger partial charge is 0.391 e. The molecule has 3 N–H and O–H groups in total. The first-order valence-corrected chi connectivity index (χ1v) is 11.3. The van der Waals surface area contributed by atoms with Crippen molar-refractivity contribution in [2.24, 2.45) is 5.41 Å². The summed E-state index contributed by atoms with van der Waals surface area (Å²) >= 11 is 0. The highest BCUT2D eigenvalue weighted by Crippen LogP contribution is 2.40. The molecule has 1 unspecified atom stereocenters. The van der Waals surface area contributed by atoms with Gasteiger partial charge in [-0.15, -0.1) is 10.2 Å². The molecule has 4 atom stereocenters. The van der Waals surface area contributed by atoms with Gasteiger partial charge >= 0.3 is 0 Å². The van der Waals surface area contributed by atoms with E-state index in [1.165, 1.54) is 15.8 Å². The Morgan fingerprint density at radius 3 is 2.67 bits per heavy atom. The number of amides is 2. The summed E-state index contributed by atoms with van der Waals surface area (Å²) in [6, 6.07) is -1.50. The highest BCUT2D eigenvalue weighted by molar-refractivity contribution is 5.90. The second-order valence-corrected chi connectivity index (χ2v) is 10.1. The number of hydrogen-bond donors (Lipinski definition) is 3. The summed E-state index contributed by atoms with van der Waals surface area (Å²) in [7, 11) is 0. The van der Waals surface area contributed by atoms with Crippen molar-refractivity contribution in [3.8, 4) is 0 Å². The molecule has 2 amide bonds. The molecule has 12 nitrogen and oxygen atoms in total. The first-order valence-electron chi connectivity index (χ1n) is 11.3. The molecule has 0 radical (unpaired) electrons. The normalized spacial score (nSPS) is 22.9. The summed E-state index contributed by atoms with van der Waals surface area (Å²) in [6.07, 6.45) is 5.57. The molecule has 12 heteroatoms. The zero-order valence-electron chi connectivity index (χ0n) is 19.2. The third-order valence-electron chi connectivity index (χ3n) is 6.09. The van der Waals surface area contributed by atoms with Gasteiger partial charge in [-0.05, 0) is 18.3 Å². The topological polar surface area (TPSA) is 151 Å². The zero-order valence-corrected chi connectivity index (χ0v) is 19.2. The highest BCUT2D eigenvalue weighted by Gasteiger charge is 2.45. The zero-order chi connectivity index (χ0) is 23.8. The van der Waals surface area contributed by atoms with E-state index in [4.69, 9.17) is 0 Å². The summed E-state index contributed by atoms with van der Waals surface area (Å²) in [5, 5.41) is 39.1. The van der Waals surface area contributed by atoms with Gasteiger partial charge in [0.25, 0.3) is 0 Å². The van der Waals surface area contributed by atoms with Gasteiger partial charge in [0.05, 0.1) is 30.6 Å². The van der Waals surface area contributed by atoms with Crippen molar-refractivity contribution in [3.63, 3.8) is 0 Å². The highest BCUT2D eigenvalue weighted by atomic mass is 16.3. The van der Waals surface area contributed by atoms with Crippen molar-refractivity contribution >= 4 is 11.8 Å². The molecular weight excluding hydrogens is 428 g/mol. The lowest BCUT2D eigenvalue weighted by atomic mass is 9.85. The van der Waals surface area contributed by atoms with E-state index in [0.717, 1.165) is 18.5 Å². The molecule has 2 aromatic heterocycles. The van der Waals surface area contributed by atoms with Gasteiger partial charge in [-0.1, -0.05) is 31.2 Å². The smallest absolute Gasteiger partial charge is 0.248 e. The van der Waals surface area contributed by atoms with E-state index in [9.17, 15) is 19.8 Å². The minimum atomic E-state index is -0.871. The monoisotopic (exact) mass is 460 g/mol. The first kappa shape index (κ1) is 23.3. The molecule has 1 aliphatic carbocycles. The van der Waals surface area contributed by atoms with Crippen LogP contribution in [0, 0.1) is 5.41 Å². The van der Waals surface area contributed by atoms with Gasteiger partial charge in [0.1, 0.15) is 12.1 Å². The summed E-state index contributed by atoms with van der Waals surface area (Å²) in [5.41, 5.74) is 0.392. The Hall–Kier alpha value is -2.86. The quantitative estimate of drug-likeness (QED) is 0.476. The minimum Gasteiger partial charge on any atom is -0.391 e. The molecule has 33 heavy (non-hydrogen) atoms. The maximum absolute atomic E-state index is 13.7. The van der Waals surface area contributed by atoms with E-state index in [0.29, 0.717) is 5.92 Å². The Balaban J connectivity index is 1.45. The van der Waals surface area contributed by atoms with Crippen molar-refractivity contribution in [1.29, 1.82) is 0 Å². The second-order valence-electron chi connectivity index (χ2n) is 10.1. The van der Waals surface area contributed by atoms with Crippen LogP contribution >= 0.6 is 0 Å². The van der Waals surface area contributed by atoms with Crippen molar-refractivity contribution in [3.05, 3.63) is 24.3 Å². The van der Waals surface area contributed by atoms with Gasteiger partial charge in [-0.25, -0.2) is 9.36 Å². The summed E-state index contributed by atoms with van der Waals surface area (Å²) in [4.78, 5) is 28.0. The van der Waals surface area contributed by atoms with Crippen LogP contribution < -0.4 is 5.32 Å². The molecule has 180 valence electrons. The van der Waals surface area contributed by atoms with Crippen LogP contribution in [0.2, 0.25) is 0 Å². The van der Waals surface area contributed by atoms with E-state index in [1.54, 1.807) is 10.9 Å². The van der Waals surface area contributed by atoms with Crippen molar-refractivity contribution in [1.82, 2.24) is 40.2 Å². The maximum Gasteiger partial charge on any atom is 0.248 e. The van der Waals surface area contributed by atoms with Crippen LogP contribution in [0.15, 0.2) is 18.6 Å². The third-order valence-corrected chi connectivity index (χ3v) is 6.09. The predicted molar refractivity (Wildman–Crippen MR) is 116 cm³/mol. The number of nitrogens with one attached hydrogen (secondary N) is 1. The number of nitrogens with zero attached hydrogens (tertiary/aromatic N) is 7. The molecule has 2 aliphatic rings. The van der Waals surface area contributed by atoms with E-state index >= 15 is 0 Å². The Morgan fingerprint density at radius 2 is 2.03 bits per heavy atom. The first-order chi connectivity index (χ1) is 15.6. The number of likely N-dealkylation sites (tertiary alicyclic amines) is 1. The number of hydrogen-bond acceptors (Lipinski definition) is 8. The number of rotatable bonds is 8. The molecule has 2 fully saturated rings. The molecule has 0 aromatic carbocycles. The number of carbonyl (C=O) groups excluding carboxylic acids is 2. The van der Waals surface area contributed by atoms with E-state index < -0.39 is 35.6 Å². The minimum absolute atomic E-state index is 0.0101. The van der Waals surface area contributed by atoms with Crippen LogP contribution in [0.1, 0.15) is 57.7 Å². The van der Waals surface area contributed by atoms with Crippen LogP contribution in [-0.4, -0.2) is 88.3 Å². The molecule has 0 spiro atoms. The second kappa shape index (κ2) is 9.18. The maximum atomic E-state index is 13.7. The van der Waals surface area contributed by atoms with E-state index in [1.807, 2.05) is 27.0 Å². The fourth-order valence-electron chi connectivity index (χ4n) is 4.27. The molecule has 1 saturated carbocycles. The molecule has 4 rings (SSSR count). The fraction of sp³-hybridized carbons (Fsp3) is 0.714. The van der Waals surface area contributed by atoms with Crippen molar-refractivity contribution in [2.45, 2.75) is 76.8 Å². The Labute approximate surface area is 191 Å². The van der Waals surface area contributed by atoms with Crippen LogP contribution in [0.25, 0.3) is 0 Å². The number of aromatic nitrogens is 6. The molecule has 1 saturated heterocycles. The number of aliphatic hydroxyl groups is 2. The van der Waals surface area contributed by atoms with Crippen molar-refractivity contribution in [2.75, 3.05) is 13.1 Å². The van der Waals surface area contributed by atoms with Gasteiger partial charge in [0.15, 0.2) is 0 Å². The lowest BCUT2D eigenvalue weighted by molar-refractivity contribution is -0.144. The Bertz CT molecular complexity index is 965. The summed E-state index contributed by atoms with van der Waals surface area (Å²) in [5.74, 6) is -0.289.